The Labute approximate surface area is 103 Å². The molecule has 18 heavy (non-hydrogen) atoms. The molecule has 0 bridgehead atoms. The maximum atomic E-state index is 10.7. The van der Waals surface area contributed by atoms with Crippen LogP contribution in [0, 0.1) is 0 Å². The molecule has 0 aliphatic heterocycles. The highest BCUT2D eigenvalue weighted by atomic mass is 16.4. The van der Waals surface area contributed by atoms with E-state index in [1.54, 1.807) is 6.20 Å². The van der Waals surface area contributed by atoms with Crippen molar-refractivity contribution in [2.24, 2.45) is 0 Å². The molecule has 0 atom stereocenters. The summed E-state index contributed by atoms with van der Waals surface area (Å²) in [7, 11) is 0. The minimum atomic E-state index is -1.22. The fraction of sp³-hybridized carbons (Fsp3) is 0.154. The second-order valence-electron chi connectivity index (χ2n) is 3.96. The number of hydrogen-bond donors (Lipinski definition) is 2. The van der Waals surface area contributed by atoms with Gasteiger partial charge in [0.15, 0.2) is 0 Å². The SMILES string of the molecule is Nn1cc(CCC(=C=O)C(=O)O)c2ccccc21. The Bertz CT molecular complexity index is 651. The van der Waals surface area contributed by atoms with Gasteiger partial charge in [-0.15, -0.1) is 0 Å². The first kappa shape index (κ1) is 12.0. The average molecular weight is 244 g/mol. The van der Waals surface area contributed by atoms with E-state index in [0.717, 1.165) is 16.5 Å². The first-order valence-electron chi connectivity index (χ1n) is 5.44. The Morgan fingerprint density at radius 2 is 2.11 bits per heavy atom. The Morgan fingerprint density at radius 3 is 2.78 bits per heavy atom. The zero-order valence-corrected chi connectivity index (χ0v) is 9.59. The van der Waals surface area contributed by atoms with Gasteiger partial charge in [0.25, 0.3) is 0 Å². The van der Waals surface area contributed by atoms with E-state index in [1.165, 1.54) is 10.6 Å². The molecule has 0 unspecified atom stereocenters. The van der Waals surface area contributed by atoms with Crippen molar-refractivity contribution in [3.8, 4) is 0 Å². The molecule has 2 aromatic rings. The summed E-state index contributed by atoms with van der Waals surface area (Å²) >= 11 is 0. The number of para-hydroxylation sites is 1. The van der Waals surface area contributed by atoms with Crippen LogP contribution in [0.15, 0.2) is 36.0 Å². The number of carboxylic acid groups (broad SMARTS) is 1. The molecule has 0 saturated carbocycles. The molecule has 0 saturated heterocycles. The number of aromatic nitrogens is 1. The van der Waals surface area contributed by atoms with Crippen LogP contribution in [0.1, 0.15) is 12.0 Å². The van der Waals surface area contributed by atoms with Gasteiger partial charge in [-0.2, -0.15) is 0 Å². The minimum Gasteiger partial charge on any atom is -0.477 e. The van der Waals surface area contributed by atoms with E-state index in [2.05, 4.69) is 0 Å². The highest BCUT2D eigenvalue weighted by Crippen LogP contribution is 2.21. The number of carbonyl (C=O) groups excluding carboxylic acids is 1. The van der Waals surface area contributed by atoms with Gasteiger partial charge in [-0.25, -0.2) is 9.59 Å². The van der Waals surface area contributed by atoms with Crippen LogP contribution >= 0.6 is 0 Å². The third-order valence-corrected chi connectivity index (χ3v) is 2.85. The molecule has 0 radical (unpaired) electrons. The number of nitrogens with zero attached hydrogens (tertiary/aromatic N) is 1. The normalized spacial score (nSPS) is 10.2. The number of nitrogens with two attached hydrogens (primary N) is 1. The topological polar surface area (TPSA) is 85.3 Å². The molecule has 1 aromatic carbocycles. The molecular weight excluding hydrogens is 232 g/mol. The van der Waals surface area contributed by atoms with Crippen LogP contribution in [0.5, 0.6) is 0 Å². The number of benzene rings is 1. The largest absolute Gasteiger partial charge is 0.477 e. The number of aliphatic carboxylic acids is 1. The second kappa shape index (κ2) is 4.77. The van der Waals surface area contributed by atoms with Gasteiger partial charge in [-0.1, -0.05) is 18.2 Å². The van der Waals surface area contributed by atoms with Crippen LogP contribution in [-0.4, -0.2) is 21.7 Å². The quantitative estimate of drug-likeness (QED) is 0.479. The molecule has 0 fully saturated rings. The van der Waals surface area contributed by atoms with Gasteiger partial charge in [0.2, 0.25) is 0 Å². The van der Waals surface area contributed by atoms with Crippen LogP contribution in [0.4, 0.5) is 0 Å². The van der Waals surface area contributed by atoms with E-state index in [1.807, 2.05) is 24.3 Å². The van der Waals surface area contributed by atoms with Crippen LogP contribution in [-0.2, 0) is 16.0 Å². The number of carboxylic acids is 1. The molecule has 1 aromatic heterocycles. The molecule has 1 heterocycles. The van der Waals surface area contributed by atoms with Crippen molar-refractivity contribution >= 4 is 22.8 Å². The van der Waals surface area contributed by atoms with Crippen LogP contribution in [0.2, 0.25) is 0 Å². The zero-order valence-electron chi connectivity index (χ0n) is 9.59. The molecule has 92 valence electrons. The summed E-state index contributed by atoms with van der Waals surface area (Å²) in [6.45, 7) is 0. The Kier molecular flexibility index (Phi) is 3.17. The molecule has 3 N–H and O–H groups in total. The van der Waals surface area contributed by atoms with Crippen LogP contribution in [0.25, 0.3) is 10.9 Å². The molecule has 2 rings (SSSR count). The third-order valence-electron chi connectivity index (χ3n) is 2.85. The lowest BCUT2D eigenvalue weighted by Gasteiger charge is -1.98. The molecule has 0 amide bonds. The number of rotatable bonds is 4. The number of fused-ring (bicyclic) bond motifs is 1. The highest BCUT2D eigenvalue weighted by Gasteiger charge is 2.11. The summed E-state index contributed by atoms with van der Waals surface area (Å²) in [5.41, 5.74) is 1.55. The van der Waals surface area contributed by atoms with Gasteiger partial charge >= 0.3 is 5.97 Å². The lowest BCUT2D eigenvalue weighted by molar-refractivity contribution is -0.132. The number of hydrogen-bond acceptors (Lipinski definition) is 3. The summed E-state index contributed by atoms with van der Waals surface area (Å²) in [5.74, 6) is 6.03. The second-order valence-corrected chi connectivity index (χ2v) is 3.96. The fourth-order valence-corrected chi connectivity index (χ4v) is 1.94. The average Bonchev–Trinajstić information content (AvgIpc) is 2.68. The Hall–Kier alpha value is -2.52. The third kappa shape index (κ3) is 2.12. The van der Waals surface area contributed by atoms with E-state index in [9.17, 15) is 9.59 Å². The minimum absolute atomic E-state index is 0.146. The molecule has 5 nitrogen and oxygen atoms in total. The summed E-state index contributed by atoms with van der Waals surface area (Å²) in [6, 6.07) is 7.56. The monoisotopic (exact) mass is 244 g/mol. The van der Waals surface area contributed by atoms with Gasteiger partial charge in [-0.05, 0) is 24.5 Å². The first-order valence-corrected chi connectivity index (χ1v) is 5.44. The smallest absolute Gasteiger partial charge is 0.342 e. The lowest BCUT2D eigenvalue weighted by Crippen LogP contribution is -2.05. The maximum Gasteiger partial charge on any atom is 0.342 e. The summed E-state index contributed by atoms with van der Waals surface area (Å²) < 4.78 is 1.50. The number of nitrogen functional groups attached to an aromatic ring is 1. The number of carbonyl (C=O) groups is 1. The van der Waals surface area contributed by atoms with E-state index in [0.29, 0.717) is 6.42 Å². The molecule has 5 heteroatoms. The first-order chi connectivity index (χ1) is 8.63. The summed E-state index contributed by atoms with van der Waals surface area (Å²) in [4.78, 5) is 21.2. The predicted molar refractivity (Wildman–Crippen MR) is 67.3 cm³/mol. The van der Waals surface area contributed by atoms with E-state index >= 15 is 0 Å². The molecule has 0 aliphatic rings. The van der Waals surface area contributed by atoms with Crippen molar-refractivity contribution in [3.05, 3.63) is 41.6 Å². The van der Waals surface area contributed by atoms with Crippen LogP contribution < -0.4 is 5.84 Å². The van der Waals surface area contributed by atoms with Crippen molar-refractivity contribution in [2.45, 2.75) is 12.8 Å². The van der Waals surface area contributed by atoms with Crippen molar-refractivity contribution in [3.63, 3.8) is 0 Å². The summed E-state index contributed by atoms with van der Waals surface area (Å²) in [5, 5.41) is 9.71. The Balaban J connectivity index is 2.28. The van der Waals surface area contributed by atoms with Gasteiger partial charge in [0.1, 0.15) is 11.5 Å². The molecule has 0 spiro atoms. The van der Waals surface area contributed by atoms with Gasteiger partial charge in [-0.3, -0.25) is 4.68 Å². The van der Waals surface area contributed by atoms with E-state index < -0.39 is 5.97 Å². The van der Waals surface area contributed by atoms with Gasteiger partial charge in [0, 0.05) is 11.6 Å². The van der Waals surface area contributed by atoms with Crippen LogP contribution in [0.3, 0.4) is 0 Å². The van der Waals surface area contributed by atoms with Gasteiger partial charge in [0.05, 0.1) is 5.52 Å². The molecular formula is C13H12N2O3. The standard InChI is InChI=1S/C13H12N2O3/c14-15-7-9(5-6-10(8-16)13(17)18)11-3-1-2-4-12(11)15/h1-4,7H,5-6,14H2,(H,17,18). The maximum absolute atomic E-state index is 10.7. The zero-order chi connectivity index (χ0) is 13.1. The van der Waals surface area contributed by atoms with Gasteiger partial charge < -0.3 is 10.9 Å². The van der Waals surface area contributed by atoms with E-state index in [4.69, 9.17) is 10.9 Å². The van der Waals surface area contributed by atoms with E-state index in [-0.39, 0.29) is 12.0 Å². The highest BCUT2D eigenvalue weighted by molar-refractivity contribution is 5.95. The number of aryl methyl sites for hydroxylation is 1. The lowest BCUT2D eigenvalue weighted by atomic mass is 10.1. The fourth-order valence-electron chi connectivity index (χ4n) is 1.94. The van der Waals surface area contributed by atoms with Crippen molar-refractivity contribution < 1.29 is 14.7 Å². The summed E-state index contributed by atoms with van der Waals surface area (Å²) in [6.07, 6.45) is 2.34. The van der Waals surface area contributed by atoms with Crippen molar-refractivity contribution in [1.29, 1.82) is 0 Å². The van der Waals surface area contributed by atoms with Crippen molar-refractivity contribution in [1.82, 2.24) is 4.68 Å². The molecule has 0 aliphatic carbocycles. The Morgan fingerprint density at radius 1 is 1.39 bits per heavy atom. The van der Waals surface area contributed by atoms with Crippen molar-refractivity contribution in [2.75, 3.05) is 5.84 Å². The predicted octanol–water partition coefficient (Wildman–Crippen LogP) is 1.13.